The molecule has 0 saturated heterocycles. The van der Waals surface area contributed by atoms with Crippen LogP contribution in [0.5, 0.6) is 5.75 Å². The normalized spacial score (nSPS) is 13.0. The van der Waals surface area contributed by atoms with E-state index in [2.05, 4.69) is 0 Å². The van der Waals surface area contributed by atoms with E-state index in [-0.39, 0.29) is 0 Å². The number of carbonyl (C=O) groups is 2. The van der Waals surface area contributed by atoms with Crippen LogP contribution < -0.4 is 10.5 Å². The Hall–Kier alpha value is -2.51. The first-order valence-corrected chi connectivity index (χ1v) is 8.58. The highest BCUT2D eigenvalue weighted by atomic mass is 32.2. The van der Waals surface area contributed by atoms with Crippen LogP contribution in [0.2, 0.25) is 0 Å². The zero-order valence-corrected chi connectivity index (χ0v) is 14.2. The van der Waals surface area contributed by atoms with Gasteiger partial charge in [0, 0.05) is 10.6 Å². The minimum absolute atomic E-state index is 0.390. The van der Waals surface area contributed by atoms with E-state index in [0.29, 0.717) is 5.75 Å². The lowest BCUT2D eigenvalue weighted by atomic mass is 10.1. The van der Waals surface area contributed by atoms with E-state index in [4.69, 9.17) is 20.7 Å². The van der Waals surface area contributed by atoms with Crippen LogP contribution >= 0.6 is 11.8 Å². The van der Waals surface area contributed by atoms with E-state index in [0.717, 1.165) is 10.6 Å². The molecule has 0 aromatic heterocycles. The number of ether oxygens (including phenoxy) is 1. The molecule has 0 spiro atoms. The van der Waals surface area contributed by atoms with Crippen LogP contribution in [-0.4, -0.2) is 34.3 Å². The smallest absolute Gasteiger partial charge is 0.324 e. The molecule has 2 aromatic carbocycles. The monoisotopic (exact) mass is 361 g/mol. The molecule has 2 rings (SSSR count). The van der Waals surface area contributed by atoms with Gasteiger partial charge in [-0.1, -0.05) is 36.4 Å². The Labute approximate surface area is 149 Å². The Morgan fingerprint density at radius 2 is 1.80 bits per heavy atom. The molecular weight excluding hydrogens is 342 g/mol. The molecule has 25 heavy (non-hydrogen) atoms. The van der Waals surface area contributed by atoms with Crippen LogP contribution in [0.3, 0.4) is 0 Å². The number of nitrogens with two attached hydrogens (primary N) is 1. The van der Waals surface area contributed by atoms with E-state index in [1.165, 1.54) is 5.56 Å². The number of thioether (sulfide) groups is 1. The highest BCUT2D eigenvalue weighted by molar-refractivity contribution is 7.98. The molecule has 6 nitrogen and oxygen atoms in total. The molecule has 0 amide bonds. The van der Waals surface area contributed by atoms with E-state index in [1.807, 2.05) is 36.4 Å². The average Bonchev–Trinajstić information content (AvgIpc) is 2.59. The first-order chi connectivity index (χ1) is 12.0. The molecule has 4 N–H and O–H groups in total. The molecular formula is C18H19NO5S. The zero-order chi connectivity index (χ0) is 18.2. The van der Waals surface area contributed by atoms with Crippen LogP contribution in [-0.2, 0) is 15.3 Å². The largest absolute Gasteiger partial charge is 0.488 e. The van der Waals surface area contributed by atoms with Crippen LogP contribution in [0.25, 0.3) is 0 Å². The lowest BCUT2D eigenvalue weighted by Crippen LogP contribution is -2.46. The van der Waals surface area contributed by atoms with Crippen molar-refractivity contribution >= 4 is 23.7 Å². The van der Waals surface area contributed by atoms with Gasteiger partial charge in [-0.25, -0.2) is 0 Å². The van der Waals surface area contributed by atoms with Crippen molar-refractivity contribution in [3.63, 3.8) is 0 Å². The van der Waals surface area contributed by atoms with Gasteiger partial charge in [-0.15, -0.1) is 11.8 Å². The van der Waals surface area contributed by atoms with Crippen LogP contribution in [0.4, 0.5) is 0 Å². The molecule has 0 bridgehead atoms. The molecule has 0 aliphatic heterocycles. The van der Waals surface area contributed by atoms with Crippen molar-refractivity contribution in [2.24, 2.45) is 5.73 Å². The molecule has 0 aliphatic carbocycles. The molecule has 0 saturated carbocycles. The van der Waals surface area contributed by atoms with E-state index >= 15 is 0 Å². The molecule has 2 atom stereocenters. The number of rotatable bonds is 9. The van der Waals surface area contributed by atoms with Crippen molar-refractivity contribution in [3.8, 4) is 5.75 Å². The predicted octanol–water partition coefficient (Wildman–Crippen LogP) is 2.61. The first-order valence-electron chi connectivity index (χ1n) is 7.59. The van der Waals surface area contributed by atoms with Gasteiger partial charge in [0.1, 0.15) is 17.9 Å². The van der Waals surface area contributed by atoms with Gasteiger partial charge in [0.25, 0.3) is 0 Å². The second-order valence-corrected chi connectivity index (χ2v) is 6.42. The van der Waals surface area contributed by atoms with Crippen molar-refractivity contribution < 1.29 is 24.5 Å². The summed E-state index contributed by atoms with van der Waals surface area (Å²) in [5, 5.41) is 17.9. The summed E-state index contributed by atoms with van der Waals surface area (Å²) in [7, 11) is 0. The Morgan fingerprint density at radius 3 is 2.44 bits per heavy atom. The Bertz CT molecular complexity index is 722. The third-order valence-corrected chi connectivity index (χ3v) is 4.47. The predicted molar refractivity (Wildman–Crippen MR) is 94.7 cm³/mol. The average molecular weight is 361 g/mol. The van der Waals surface area contributed by atoms with Crippen molar-refractivity contribution in [1.29, 1.82) is 0 Å². The standard InChI is InChI=1S/C18H19NO5S/c19-17(18(22)23)15(10-16(20)21)24-13-7-4-8-14(9-13)25-11-12-5-2-1-3-6-12/h1-9,15,17H,10-11,19H2,(H,20,21)(H,22,23)/t15?,17-/m0/s1. The molecule has 132 valence electrons. The van der Waals surface area contributed by atoms with Crippen molar-refractivity contribution in [3.05, 3.63) is 60.2 Å². The fourth-order valence-electron chi connectivity index (χ4n) is 2.13. The highest BCUT2D eigenvalue weighted by Gasteiger charge is 2.28. The van der Waals surface area contributed by atoms with Crippen LogP contribution in [0.1, 0.15) is 12.0 Å². The first kappa shape index (κ1) is 18.8. The maximum absolute atomic E-state index is 11.0. The summed E-state index contributed by atoms with van der Waals surface area (Å²) >= 11 is 1.60. The number of benzene rings is 2. The third kappa shape index (κ3) is 6.13. The van der Waals surface area contributed by atoms with Gasteiger partial charge in [0.15, 0.2) is 0 Å². The number of hydrogen-bond donors (Lipinski definition) is 3. The summed E-state index contributed by atoms with van der Waals surface area (Å²) in [5.74, 6) is -1.31. The van der Waals surface area contributed by atoms with Crippen molar-refractivity contribution in [1.82, 2.24) is 0 Å². The highest BCUT2D eigenvalue weighted by Crippen LogP contribution is 2.27. The molecule has 2 aromatic rings. The minimum Gasteiger partial charge on any atom is -0.488 e. The second kappa shape index (κ2) is 9.10. The Kier molecular flexibility index (Phi) is 6.85. The number of carboxylic acids is 2. The molecule has 1 unspecified atom stereocenters. The van der Waals surface area contributed by atoms with E-state index in [9.17, 15) is 9.59 Å². The van der Waals surface area contributed by atoms with Gasteiger partial charge in [-0.3, -0.25) is 9.59 Å². The summed E-state index contributed by atoms with van der Waals surface area (Å²) in [6, 6.07) is 15.6. The summed E-state index contributed by atoms with van der Waals surface area (Å²) in [5.41, 5.74) is 6.71. The molecule has 0 aliphatic rings. The quantitative estimate of drug-likeness (QED) is 0.589. The summed E-state index contributed by atoms with van der Waals surface area (Å²) < 4.78 is 5.54. The van der Waals surface area contributed by atoms with E-state index in [1.54, 1.807) is 30.0 Å². The third-order valence-electron chi connectivity index (χ3n) is 3.40. The second-order valence-electron chi connectivity index (χ2n) is 5.37. The molecule has 0 radical (unpaired) electrons. The van der Waals surface area contributed by atoms with Gasteiger partial charge in [-0.2, -0.15) is 0 Å². The van der Waals surface area contributed by atoms with Crippen LogP contribution in [0, 0.1) is 0 Å². The van der Waals surface area contributed by atoms with Crippen LogP contribution in [0.15, 0.2) is 59.5 Å². The minimum atomic E-state index is -1.42. The zero-order valence-electron chi connectivity index (χ0n) is 13.4. The Morgan fingerprint density at radius 1 is 1.08 bits per heavy atom. The van der Waals surface area contributed by atoms with Gasteiger partial charge in [-0.05, 0) is 23.8 Å². The topological polar surface area (TPSA) is 110 Å². The fraction of sp³-hybridized carbons (Fsp3) is 0.222. The number of hydrogen-bond acceptors (Lipinski definition) is 5. The Balaban J connectivity index is 2.05. The summed E-state index contributed by atoms with van der Waals surface area (Å²) in [6.07, 6.45) is -1.64. The number of carboxylic acid groups (broad SMARTS) is 2. The molecule has 7 heteroatoms. The number of aliphatic carboxylic acids is 2. The van der Waals surface area contributed by atoms with Gasteiger partial charge >= 0.3 is 11.9 Å². The summed E-state index contributed by atoms with van der Waals surface area (Å²) in [4.78, 5) is 22.9. The summed E-state index contributed by atoms with van der Waals surface area (Å²) in [6.45, 7) is 0. The fourth-order valence-corrected chi connectivity index (χ4v) is 3.03. The molecule has 0 fully saturated rings. The SMILES string of the molecule is N[C@H](C(=O)O)C(CC(=O)O)Oc1cccc(SCc2ccccc2)c1. The maximum atomic E-state index is 11.0. The van der Waals surface area contributed by atoms with Gasteiger partial charge < -0.3 is 20.7 Å². The van der Waals surface area contributed by atoms with Gasteiger partial charge in [0.2, 0.25) is 0 Å². The lowest BCUT2D eigenvalue weighted by molar-refractivity contribution is -0.143. The van der Waals surface area contributed by atoms with Crippen molar-refractivity contribution in [2.45, 2.75) is 29.2 Å². The lowest BCUT2D eigenvalue weighted by Gasteiger charge is -2.21. The maximum Gasteiger partial charge on any atom is 0.324 e. The molecule has 0 heterocycles. The van der Waals surface area contributed by atoms with Crippen molar-refractivity contribution in [2.75, 3.05) is 0 Å². The van der Waals surface area contributed by atoms with E-state index < -0.39 is 30.5 Å². The van der Waals surface area contributed by atoms with Gasteiger partial charge in [0.05, 0.1) is 6.42 Å².